The maximum atomic E-state index is 14.8. The molecule has 3 nitrogen and oxygen atoms in total. The zero-order chi connectivity index (χ0) is 23.9. The van der Waals surface area contributed by atoms with Crippen molar-refractivity contribution in [1.29, 1.82) is 0 Å². The van der Waals surface area contributed by atoms with Crippen LogP contribution in [0.15, 0.2) is 48.5 Å². The van der Waals surface area contributed by atoms with Gasteiger partial charge >= 0.3 is 0 Å². The molecule has 33 heavy (non-hydrogen) atoms. The number of anilines is 1. The van der Waals surface area contributed by atoms with Gasteiger partial charge in [0.1, 0.15) is 17.4 Å². The minimum atomic E-state index is -0.583. The molecule has 0 spiro atoms. The van der Waals surface area contributed by atoms with Crippen LogP contribution in [0.25, 0.3) is 0 Å². The van der Waals surface area contributed by atoms with Crippen LogP contribution in [-0.4, -0.2) is 41.4 Å². The zero-order valence-electron chi connectivity index (χ0n) is 20.4. The standard InChI is InChI=1S/C28H36F2N2O/c1-18-13-20(14-19(2)32(18)22-9-7-6-8-10-22)27(33)25-17-31(28(3,4)5)16-24(25)23-12-11-21(29)15-26(23)30/h6-12,15,18-20,24-25H,13-14,16-17H2,1-5H3/t18-,19+,20?,24-,25+/m1/s1. The summed E-state index contributed by atoms with van der Waals surface area (Å²) in [5, 5.41) is 0. The second-order valence-electron chi connectivity index (χ2n) is 11.0. The van der Waals surface area contributed by atoms with Crippen molar-refractivity contribution >= 4 is 11.5 Å². The van der Waals surface area contributed by atoms with Crippen LogP contribution in [0.5, 0.6) is 0 Å². The fourth-order valence-corrected chi connectivity index (χ4v) is 5.98. The molecule has 0 N–H and O–H groups in total. The summed E-state index contributed by atoms with van der Waals surface area (Å²) in [4.78, 5) is 18.6. The minimum Gasteiger partial charge on any atom is -0.366 e. The number of piperidine rings is 1. The predicted octanol–water partition coefficient (Wildman–Crippen LogP) is 6.04. The molecule has 0 amide bonds. The third kappa shape index (κ3) is 4.84. The Kier molecular flexibility index (Phi) is 6.63. The number of hydrogen-bond donors (Lipinski definition) is 0. The van der Waals surface area contributed by atoms with Crippen LogP contribution in [0.3, 0.4) is 0 Å². The van der Waals surface area contributed by atoms with Crippen LogP contribution < -0.4 is 4.90 Å². The second-order valence-corrected chi connectivity index (χ2v) is 11.0. The molecule has 2 fully saturated rings. The molecular weight excluding hydrogens is 418 g/mol. The van der Waals surface area contributed by atoms with E-state index in [2.05, 4.69) is 56.6 Å². The van der Waals surface area contributed by atoms with E-state index in [0.29, 0.717) is 18.7 Å². The van der Waals surface area contributed by atoms with Crippen molar-refractivity contribution in [3.8, 4) is 0 Å². The molecule has 0 saturated carbocycles. The van der Waals surface area contributed by atoms with Gasteiger partial charge in [-0.05, 0) is 71.2 Å². The number of nitrogens with zero attached hydrogens (tertiary/aromatic N) is 2. The highest BCUT2D eigenvalue weighted by atomic mass is 19.1. The Morgan fingerprint density at radius 2 is 1.58 bits per heavy atom. The molecule has 2 aliphatic rings. The lowest BCUT2D eigenvalue weighted by Crippen LogP contribution is -2.49. The number of carbonyl (C=O) groups excluding carboxylic acids is 1. The number of likely N-dealkylation sites (tertiary alicyclic amines) is 1. The van der Waals surface area contributed by atoms with E-state index in [0.717, 1.165) is 18.9 Å². The van der Waals surface area contributed by atoms with Crippen molar-refractivity contribution in [2.45, 2.75) is 71.0 Å². The Morgan fingerprint density at radius 1 is 0.939 bits per heavy atom. The van der Waals surface area contributed by atoms with E-state index in [1.54, 1.807) is 0 Å². The highest BCUT2D eigenvalue weighted by Crippen LogP contribution is 2.42. The highest BCUT2D eigenvalue weighted by Gasteiger charge is 2.46. The lowest BCUT2D eigenvalue weighted by atomic mass is 9.75. The first-order valence-electron chi connectivity index (χ1n) is 12.1. The zero-order valence-corrected chi connectivity index (χ0v) is 20.4. The Labute approximate surface area is 196 Å². The average molecular weight is 455 g/mol. The van der Waals surface area contributed by atoms with Gasteiger partial charge in [-0.1, -0.05) is 24.3 Å². The van der Waals surface area contributed by atoms with Crippen molar-refractivity contribution < 1.29 is 13.6 Å². The van der Waals surface area contributed by atoms with Gasteiger partial charge in [-0.25, -0.2) is 8.78 Å². The molecular formula is C28H36F2N2O. The molecule has 0 aliphatic carbocycles. The largest absolute Gasteiger partial charge is 0.366 e. The molecule has 178 valence electrons. The molecule has 2 saturated heterocycles. The fourth-order valence-electron chi connectivity index (χ4n) is 5.98. The Balaban J connectivity index is 1.58. The van der Waals surface area contributed by atoms with E-state index in [4.69, 9.17) is 0 Å². The second kappa shape index (κ2) is 9.17. The molecule has 2 aliphatic heterocycles. The van der Waals surface area contributed by atoms with Gasteiger partial charge in [0.2, 0.25) is 0 Å². The molecule has 0 bridgehead atoms. The summed E-state index contributed by atoms with van der Waals surface area (Å²) < 4.78 is 28.4. The summed E-state index contributed by atoms with van der Waals surface area (Å²) >= 11 is 0. The van der Waals surface area contributed by atoms with Crippen LogP contribution >= 0.6 is 0 Å². The summed E-state index contributed by atoms with van der Waals surface area (Å²) in [6, 6.07) is 14.6. The summed E-state index contributed by atoms with van der Waals surface area (Å²) in [6.45, 7) is 12.0. The van der Waals surface area contributed by atoms with Crippen molar-refractivity contribution in [2.24, 2.45) is 11.8 Å². The predicted molar refractivity (Wildman–Crippen MR) is 129 cm³/mol. The van der Waals surface area contributed by atoms with Crippen molar-refractivity contribution in [3.05, 3.63) is 65.7 Å². The molecule has 0 radical (unpaired) electrons. The molecule has 5 heteroatoms. The van der Waals surface area contributed by atoms with Crippen molar-refractivity contribution in [1.82, 2.24) is 4.90 Å². The van der Waals surface area contributed by atoms with E-state index in [1.807, 2.05) is 18.2 Å². The summed E-state index contributed by atoms with van der Waals surface area (Å²) in [5.74, 6) is -1.48. The van der Waals surface area contributed by atoms with Gasteiger partial charge < -0.3 is 4.90 Å². The molecule has 4 rings (SSSR count). The molecule has 2 aromatic carbocycles. The molecule has 5 atom stereocenters. The molecule has 2 aromatic rings. The van der Waals surface area contributed by atoms with Gasteiger partial charge in [0, 0.05) is 60.2 Å². The van der Waals surface area contributed by atoms with Gasteiger partial charge in [-0.3, -0.25) is 9.69 Å². The lowest BCUT2D eigenvalue weighted by Gasteiger charge is -2.44. The average Bonchev–Trinajstić information content (AvgIpc) is 3.19. The molecule has 0 aromatic heterocycles. The summed E-state index contributed by atoms with van der Waals surface area (Å²) in [6.07, 6.45) is 1.59. The summed E-state index contributed by atoms with van der Waals surface area (Å²) in [7, 11) is 0. The number of Topliss-reactive ketones (excluding diaryl/α,β-unsaturated/α-hetero) is 1. The maximum Gasteiger partial charge on any atom is 0.141 e. The van der Waals surface area contributed by atoms with Crippen LogP contribution in [0, 0.1) is 23.5 Å². The van der Waals surface area contributed by atoms with Crippen LogP contribution in [-0.2, 0) is 4.79 Å². The van der Waals surface area contributed by atoms with Crippen LogP contribution in [0.1, 0.15) is 58.9 Å². The van der Waals surface area contributed by atoms with E-state index in [9.17, 15) is 13.6 Å². The first kappa shape index (κ1) is 23.9. The van der Waals surface area contributed by atoms with Gasteiger partial charge in [0.15, 0.2) is 0 Å². The number of para-hydroxylation sites is 1. The third-order valence-electron chi connectivity index (χ3n) is 7.65. The van der Waals surface area contributed by atoms with Crippen LogP contribution in [0.4, 0.5) is 14.5 Å². The normalized spacial score (nSPS) is 28.8. The van der Waals surface area contributed by atoms with Gasteiger partial charge in [0.05, 0.1) is 0 Å². The SMILES string of the molecule is C[C@@H]1CC(C(=O)[C@H]2CN(C(C)(C)C)C[C@@H]2c2ccc(F)cc2F)C[C@H](C)N1c1ccccc1. The molecule has 2 heterocycles. The van der Waals surface area contributed by atoms with Gasteiger partial charge in [0.25, 0.3) is 0 Å². The Hall–Kier alpha value is -2.27. The number of carbonyl (C=O) groups is 1. The van der Waals surface area contributed by atoms with Crippen LogP contribution in [0.2, 0.25) is 0 Å². The Bertz CT molecular complexity index is 975. The van der Waals surface area contributed by atoms with E-state index < -0.39 is 11.6 Å². The number of ketones is 1. The first-order chi connectivity index (χ1) is 15.6. The van der Waals surface area contributed by atoms with E-state index in [1.165, 1.54) is 17.8 Å². The maximum absolute atomic E-state index is 14.8. The lowest BCUT2D eigenvalue weighted by molar-refractivity contribution is -0.128. The smallest absolute Gasteiger partial charge is 0.141 e. The van der Waals surface area contributed by atoms with E-state index >= 15 is 0 Å². The number of benzene rings is 2. The number of hydrogen-bond acceptors (Lipinski definition) is 3. The van der Waals surface area contributed by atoms with Gasteiger partial charge in [-0.2, -0.15) is 0 Å². The van der Waals surface area contributed by atoms with Crippen molar-refractivity contribution in [2.75, 3.05) is 18.0 Å². The van der Waals surface area contributed by atoms with Crippen molar-refractivity contribution in [3.63, 3.8) is 0 Å². The van der Waals surface area contributed by atoms with E-state index in [-0.39, 0.29) is 41.2 Å². The monoisotopic (exact) mass is 454 g/mol. The topological polar surface area (TPSA) is 23.6 Å². The Morgan fingerprint density at radius 3 is 2.15 bits per heavy atom. The van der Waals surface area contributed by atoms with Gasteiger partial charge in [-0.15, -0.1) is 0 Å². The fraction of sp³-hybridized carbons (Fsp3) is 0.536. The number of halogens is 2. The third-order valence-corrected chi connectivity index (χ3v) is 7.65. The highest BCUT2D eigenvalue weighted by molar-refractivity contribution is 5.85. The minimum absolute atomic E-state index is 0.0501. The summed E-state index contributed by atoms with van der Waals surface area (Å²) in [5.41, 5.74) is 1.53. The quantitative estimate of drug-likeness (QED) is 0.563. The molecule has 1 unspecified atom stereocenters. The number of rotatable bonds is 4. The first-order valence-corrected chi connectivity index (χ1v) is 12.1.